The average molecular weight is 245 g/mol. The van der Waals surface area contributed by atoms with E-state index in [1.807, 2.05) is 0 Å². The molecule has 0 bridgehead atoms. The zero-order valence-electron chi connectivity index (χ0n) is 11.2. The van der Waals surface area contributed by atoms with Crippen LogP contribution in [0.1, 0.15) is 49.1 Å². The first-order valence-electron chi connectivity index (χ1n) is 7.31. The molecule has 1 saturated carbocycles. The smallest absolute Gasteiger partial charge is 0.123 e. The van der Waals surface area contributed by atoms with Gasteiger partial charge in [0, 0.05) is 18.0 Å². The van der Waals surface area contributed by atoms with E-state index in [-0.39, 0.29) is 0 Å². The van der Waals surface area contributed by atoms with Crippen molar-refractivity contribution in [3.63, 3.8) is 0 Å². The molecule has 1 aromatic carbocycles. The fourth-order valence-electron chi connectivity index (χ4n) is 3.37. The van der Waals surface area contributed by atoms with E-state index in [9.17, 15) is 0 Å². The first-order chi connectivity index (χ1) is 8.84. The van der Waals surface area contributed by atoms with Gasteiger partial charge in [-0.3, -0.25) is 0 Å². The first-order valence-corrected chi connectivity index (χ1v) is 7.31. The monoisotopic (exact) mass is 245 g/mol. The molecule has 1 heterocycles. The van der Waals surface area contributed by atoms with Crippen molar-refractivity contribution >= 4 is 0 Å². The Bertz CT molecular complexity index is 404. The molecular weight excluding hydrogens is 222 g/mol. The molecule has 1 atom stereocenters. The van der Waals surface area contributed by atoms with E-state index in [0.717, 1.165) is 18.8 Å². The number of nitrogens with one attached hydrogen (secondary N) is 1. The summed E-state index contributed by atoms with van der Waals surface area (Å²) in [7, 11) is 0. The van der Waals surface area contributed by atoms with Gasteiger partial charge in [-0.25, -0.2) is 0 Å². The lowest BCUT2D eigenvalue weighted by atomic mass is 9.93. The van der Waals surface area contributed by atoms with Crippen LogP contribution in [0.3, 0.4) is 0 Å². The van der Waals surface area contributed by atoms with Crippen LogP contribution in [0.2, 0.25) is 0 Å². The summed E-state index contributed by atoms with van der Waals surface area (Å²) in [5.74, 6) is 1.79. The highest BCUT2D eigenvalue weighted by molar-refractivity contribution is 5.43. The zero-order valence-corrected chi connectivity index (χ0v) is 11.2. The van der Waals surface area contributed by atoms with E-state index in [1.54, 1.807) is 0 Å². The van der Waals surface area contributed by atoms with Crippen molar-refractivity contribution in [1.29, 1.82) is 0 Å². The predicted molar refractivity (Wildman–Crippen MR) is 74.3 cm³/mol. The summed E-state index contributed by atoms with van der Waals surface area (Å²) in [6.07, 6.45) is 6.83. The maximum Gasteiger partial charge on any atom is 0.123 e. The molecule has 1 aliphatic carbocycles. The largest absolute Gasteiger partial charge is 0.490 e. The van der Waals surface area contributed by atoms with Gasteiger partial charge in [-0.1, -0.05) is 12.1 Å². The Balaban J connectivity index is 1.84. The maximum absolute atomic E-state index is 6.27. The Morgan fingerprint density at radius 2 is 2.00 bits per heavy atom. The molecule has 0 radical (unpaired) electrons. The van der Waals surface area contributed by atoms with E-state index < -0.39 is 0 Å². The molecule has 2 nitrogen and oxygen atoms in total. The van der Waals surface area contributed by atoms with Gasteiger partial charge in [0.05, 0.1) is 6.10 Å². The minimum Gasteiger partial charge on any atom is -0.490 e. The van der Waals surface area contributed by atoms with Crippen molar-refractivity contribution in [3.05, 3.63) is 29.3 Å². The topological polar surface area (TPSA) is 21.3 Å². The van der Waals surface area contributed by atoms with Crippen LogP contribution in [-0.2, 0) is 0 Å². The summed E-state index contributed by atoms with van der Waals surface area (Å²) >= 11 is 0. The van der Waals surface area contributed by atoms with E-state index in [0.29, 0.717) is 12.0 Å². The fourth-order valence-corrected chi connectivity index (χ4v) is 3.37. The Morgan fingerprint density at radius 3 is 2.72 bits per heavy atom. The third-order valence-electron chi connectivity index (χ3n) is 4.35. The SMILES string of the molecule is Cc1cccc(OC2CCCC2)c1C1CCNC1. The molecule has 1 saturated heterocycles. The number of hydrogen-bond acceptors (Lipinski definition) is 2. The van der Waals surface area contributed by atoms with Gasteiger partial charge in [0.2, 0.25) is 0 Å². The van der Waals surface area contributed by atoms with Crippen molar-refractivity contribution in [2.45, 2.75) is 51.0 Å². The number of ether oxygens (including phenoxy) is 1. The molecular formula is C16H23NO. The second kappa shape index (κ2) is 5.31. The van der Waals surface area contributed by atoms with E-state index in [4.69, 9.17) is 4.74 Å². The van der Waals surface area contributed by atoms with Crippen molar-refractivity contribution in [2.24, 2.45) is 0 Å². The van der Waals surface area contributed by atoms with Gasteiger partial charge in [-0.15, -0.1) is 0 Å². The molecule has 1 N–H and O–H groups in total. The molecule has 0 spiro atoms. The molecule has 2 heteroatoms. The highest BCUT2D eigenvalue weighted by Crippen LogP contribution is 2.35. The highest BCUT2D eigenvalue weighted by atomic mass is 16.5. The van der Waals surface area contributed by atoms with Gasteiger partial charge in [0.1, 0.15) is 5.75 Å². The van der Waals surface area contributed by atoms with E-state index >= 15 is 0 Å². The lowest BCUT2D eigenvalue weighted by molar-refractivity contribution is 0.207. The van der Waals surface area contributed by atoms with Gasteiger partial charge < -0.3 is 10.1 Å². The molecule has 2 fully saturated rings. The third kappa shape index (κ3) is 2.39. The molecule has 0 aromatic heterocycles. The van der Waals surface area contributed by atoms with Crippen molar-refractivity contribution < 1.29 is 4.74 Å². The fraction of sp³-hybridized carbons (Fsp3) is 0.625. The van der Waals surface area contributed by atoms with Crippen molar-refractivity contribution in [3.8, 4) is 5.75 Å². The molecule has 2 aliphatic rings. The minimum absolute atomic E-state index is 0.458. The second-order valence-electron chi connectivity index (χ2n) is 5.70. The quantitative estimate of drug-likeness (QED) is 0.881. The van der Waals surface area contributed by atoms with Crippen LogP contribution in [-0.4, -0.2) is 19.2 Å². The summed E-state index contributed by atoms with van der Waals surface area (Å²) in [4.78, 5) is 0. The third-order valence-corrected chi connectivity index (χ3v) is 4.35. The Hall–Kier alpha value is -1.02. The summed E-state index contributed by atoms with van der Waals surface area (Å²) in [5.41, 5.74) is 2.84. The maximum atomic E-state index is 6.27. The van der Waals surface area contributed by atoms with Crippen LogP contribution in [0, 0.1) is 6.92 Å². The molecule has 1 unspecified atom stereocenters. The summed E-state index contributed by atoms with van der Waals surface area (Å²) < 4.78 is 6.27. The number of benzene rings is 1. The van der Waals surface area contributed by atoms with Gasteiger partial charge in [-0.2, -0.15) is 0 Å². The van der Waals surface area contributed by atoms with Crippen LogP contribution in [0.15, 0.2) is 18.2 Å². The van der Waals surface area contributed by atoms with Crippen molar-refractivity contribution in [2.75, 3.05) is 13.1 Å². The summed E-state index contributed by atoms with van der Waals surface area (Å²) in [6.45, 7) is 4.46. The van der Waals surface area contributed by atoms with Crippen molar-refractivity contribution in [1.82, 2.24) is 5.32 Å². The van der Waals surface area contributed by atoms with Gasteiger partial charge in [0.25, 0.3) is 0 Å². The van der Waals surface area contributed by atoms with E-state index in [2.05, 4.69) is 30.4 Å². The predicted octanol–water partition coefficient (Wildman–Crippen LogP) is 3.39. The van der Waals surface area contributed by atoms with Gasteiger partial charge in [0.15, 0.2) is 0 Å². The molecule has 3 rings (SSSR count). The number of rotatable bonds is 3. The van der Waals surface area contributed by atoms with Crippen LogP contribution in [0.5, 0.6) is 5.75 Å². The van der Waals surface area contributed by atoms with Crippen LogP contribution in [0.25, 0.3) is 0 Å². The van der Waals surface area contributed by atoms with Gasteiger partial charge >= 0.3 is 0 Å². The Morgan fingerprint density at radius 1 is 1.17 bits per heavy atom. The minimum atomic E-state index is 0.458. The van der Waals surface area contributed by atoms with Crippen LogP contribution < -0.4 is 10.1 Å². The van der Waals surface area contributed by atoms with Crippen LogP contribution >= 0.6 is 0 Å². The standard InChI is InChI=1S/C16H23NO/c1-12-5-4-8-15(18-14-6-2-3-7-14)16(12)13-9-10-17-11-13/h4-5,8,13-14,17H,2-3,6-7,9-11H2,1H3. The lowest BCUT2D eigenvalue weighted by Gasteiger charge is -2.21. The second-order valence-corrected chi connectivity index (χ2v) is 5.70. The normalized spacial score (nSPS) is 24.6. The molecule has 0 amide bonds. The Labute approximate surface area is 110 Å². The number of aryl methyl sites for hydroxylation is 1. The lowest BCUT2D eigenvalue weighted by Crippen LogP contribution is -2.15. The van der Waals surface area contributed by atoms with E-state index in [1.165, 1.54) is 43.2 Å². The average Bonchev–Trinajstić information content (AvgIpc) is 3.01. The summed E-state index contributed by atoms with van der Waals surface area (Å²) in [6, 6.07) is 6.51. The summed E-state index contributed by atoms with van der Waals surface area (Å²) in [5, 5.41) is 3.46. The Kier molecular flexibility index (Phi) is 3.55. The highest BCUT2D eigenvalue weighted by Gasteiger charge is 2.24. The van der Waals surface area contributed by atoms with Gasteiger partial charge in [-0.05, 0) is 57.2 Å². The zero-order chi connectivity index (χ0) is 12.4. The van der Waals surface area contributed by atoms with Crippen LogP contribution in [0.4, 0.5) is 0 Å². The molecule has 1 aromatic rings. The molecule has 1 aliphatic heterocycles. The molecule has 98 valence electrons. The number of hydrogen-bond donors (Lipinski definition) is 1. The molecule has 18 heavy (non-hydrogen) atoms. The first kappa shape index (κ1) is 12.0.